The standard InChI is InChI=1S/C18H27N3O4/c1-17(2,3)25-16(24)20-13-10-12(18(13,4)5)19-15(23)11-7-8-21(6)14(22)9-11/h7-9,12-13H,10H2,1-6H3,(H,19,23)(H,20,24)/t12-,13-/m1/s1. The monoisotopic (exact) mass is 349 g/mol. The van der Waals surface area contributed by atoms with Gasteiger partial charge in [0.2, 0.25) is 0 Å². The van der Waals surface area contributed by atoms with Crippen molar-refractivity contribution in [3.8, 4) is 0 Å². The van der Waals surface area contributed by atoms with E-state index in [1.165, 1.54) is 10.6 Å². The molecule has 7 nitrogen and oxygen atoms in total. The Balaban J connectivity index is 1.95. The van der Waals surface area contributed by atoms with Crippen LogP contribution in [0.15, 0.2) is 23.1 Å². The van der Waals surface area contributed by atoms with Crippen molar-refractivity contribution in [2.45, 2.75) is 58.7 Å². The molecule has 0 spiro atoms. The lowest BCUT2D eigenvalue weighted by atomic mass is 9.63. The van der Waals surface area contributed by atoms with E-state index in [1.807, 2.05) is 34.6 Å². The Hall–Kier alpha value is -2.31. The Morgan fingerprint density at radius 3 is 2.36 bits per heavy atom. The van der Waals surface area contributed by atoms with Crippen molar-refractivity contribution >= 4 is 12.0 Å². The highest BCUT2D eigenvalue weighted by molar-refractivity contribution is 5.94. The minimum atomic E-state index is -0.551. The molecular weight excluding hydrogens is 322 g/mol. The van der Waals surface area contributed by atoms with Crippen LogP contribution in [0.4, 0.5) is 4.79 Å². The molecule has 1 aliphatic carbocycles. The molecule has 1 aromatic heterocycles. The minimum absolute atomic E-state index is 0.0868. The maximum atomic E-state index is 12.3. The van der Waals surface area contributed by atoms with E-state index >= 15 is 0 Å². The van der Waals surface area contributed by atoms with Crippen LogP contribution in [0.1, 0.15) is 51.4 Å². The summed E-state index contributed by atoms with van der Waals surface area (Å²) in [5, 5.41) is 5.80. The Morgan fingerprint density at radius 2 is 1.84 bits per heavy atom. The maximum Gasteiger partial charge on any atom is 0.407 e. The number of amides is 2. The third-order valence-electron chi connectivity index (χ3n) is 4.63. The number of rotatable bonds is 3. The van der Waals surface area contributed by atoms with Crippen molar-refractivity contribution in [3.05, 3.63) is 34.2 Å². The largest absolute Gasteiger partial charge is 0.444 e. The van der Waals surface area contributed by atoms with Gasteiger partial charge in [0, 0.05) is 42.4 Å². The topological polar surface area (TPSA) is 89.4 Å². The second-order valence-electron chi connectivity index (χ2n) is 8.15. The maximum absolute atomic E-state index is 12.3. The van der Waals surface area contributed by atoms with Crippen LogP contribution in [0.25, 0.3) is 0 Å². The minimum Gasteiger partial charge on any atom is -0.444 e. The normalized spacial score (nSPS) is 21.8. The van der Waals surface area contributed by atoms with Gasteiger partial charge < -0.3 is 19.9 Å². The summed E-state index contributed by atoms with van der Waals surface area (Å²) >= 11 is 0. The average molecular weight is 349 g/mol. The molecule has 7 heteroatoms. The van der Waals surface area contributed by atoms with Crippen molar-refractivity contribution in [1.29, 1.82) is 0 Å². The van der Waals surface area contributed by atoms with Gasteiger partial charge >= 0.3 is 6.09 Å². The molecule has 1 aromatic rings. The quantitative estimate of drug-likeness (QED) is 0.871. The lowest BCUT2D eigenvalue weighted by Gasteiger charge is -2.52. The van der Waals surface area contributed by atoms with E-state index < -0.39 is 11.7 Å². The first-order valence-corrected chi connectivity index (χ1v) is 8.37. The lowest BCUT2D eigenvalue weighted by Crippen LogP contribution is -2.66. The predicted molar refractivity (Wildman–Crippen MR) is 94.5 cm³/mol. The van der Waals surface area contributed by atoms with E-state index in [1.54, 1.807) is 19.3 Å². The van der Waals surface area contributed by atoms with E-state index in [9.17, 15) is 14.4 Å². The Bertz CT molecular complexity index is 731. The van der Waals surface area contributed by atoms with Gasteiger partial charge in [0.15, 0.2) is 0 Å². The summed E-state index contributed by atoms with van der Waals surface area (Å²) < 4.78 is 6.68. The third-order valence-corrected chi connectivity index (χ3v) is 4.63. The van der Waals surface area contributed by atoms with Crippen LogP contribution in [0, 0.1) is 5.41 Å². The van der Waals surface area contributed by atoms with Crippen LogP contribution >= 0.6 is 0 Å². The van der Waals surface area contributed by atoms with E-state index in [0.29, 0.717) is 12.0 Å². The zero-order valence-corrected chi connectivity index (χ0v) is 15.7. The molecule has 0 unspecified atom stereocenters. The molecule has 0 radical (unpaired) electrons. The average Bonchev–Trinajstić information content (AvgIpc) is 2.47. The zero-order valence-electron chi connectivity index (χ0n) is 15.7. The summed E-state index contributed by atoms with van der Waals surface area (Å²) in [5.41, 5.74) is -0.760. The number of nitrogens with zero attached hydrogens (tertiary/aromatic N) is 1. The Morgan fingerprint density at radius 1 is 1.24 bits per heavy atom. The van der Waals surface area contributed by atoms with Crippen molar-refractivity contribution in [2.24, 2.45) is 12.5 Å². The smallest absolute Gasteiger partial charge is 0.407 e. The van der Waals surface area contributed by atoms with E-state index in [4.69, 9.17) is 4.74 Å². The second-order valence-corrected chi connectivity index (χ2v) is 8.15. The number of aryl methyl sites for hydroxylation is 1. The number of nitrogens with one attached hydrogen (secondary N) is 2. The number of carbonyl (C=O) groups excluding carboxylic acids is 2. The Kier molecular flexibility index (Phi) is 4.97. The molecular formula is C18H27N3O4. The third kappa shape index (κ3) is 4.41. The van der Waals surface area contributed by atoms with E-state index in [0.717, 1.165) is 0 Å². The molecule has 0 aromatic carbocycles. The number of pyridine rings is 1. The van der Waals surface area contributed by atoms with Gasteiger partial charge in [0.1, 0.15) is 5.60 Å². The first kappa shape index (κ1) is 19.0. The van der Waals surface area contributed by atoms with Crippen LogP contribution in [0.5, 0.6) is 0 Å². The SMILES string of the molecule is Cn1ccc(C(=O)N[C@@H]2C[C@@H](NC(=O)OC(C)(C)C)C2(C)C)cc1=O. The van der Waals surface area contributed by atoms with Gasteiger partial charge in [-0.05, 0) is 33.3 Å². The Labute approximate surface area is 147 Å². The van der Waals surface area contributed by atoms with Crippen LogP contribution in [0.2, 0.25) is 0 Å². The van der Waals surface area contributed by atoms with Crippen LogP contribution in [-0.2, 0) is 11.8 Å². The molecule has 138 valence electrons. The van der Waals surface area contributed by atoms with E-state index in [-0.39, 0.29) is 29.0 Å². The number of aromatic nitrogens is 1. The van der Waals surface area contributed by atoms with E-state index in [2.05, 4.69) is 10.6 Å². The molecule has 0 saturated heterocycles. The fraction of sp³-hybridized carbons (Fsp3) is 0.611. The summed E-state index contributed by atoms with van der Waals surface area (Å²) in [7, 11) is 1.63. The molecule has 2 amide bonds. The molecule has 2 N–H and O–H groups in total. The number of hydrogen-bond acceptors (Lipinski definition) is 4. The molecule has 1 fully saturated rings. The molecule has 2 atom stereocenters. The van der Waals surface area contributed by atoms with Gasteiger partial charge in [-0.25, -0.2) is 4.79 Å². The first-order chi connectivity index (χ1) is 11.4. The van der Waals surface area contributed by atoms with Crippen molar-refractivity contribution in [3.63, 3.8) is 0 Å². The summed E-state index contributed by atoms with van der Waals surface area (Å²) in [6.07, 6.45) is 1.72. The predicted octanol–water partition coefficient (Wildman–Crippen LogP) is 1.81. The molecule has 1 aliphatic rings. The highest BCUT2D eigenvalue weighted by Crippen LogP contribution is 2.40. The summed E-state index contributed by atoms with van der Waals surface area (Å²) in [5.74, 6) is -0.286. The zero-order chi connectivity index (χ0) is 19.0. The van der Waals surface area contributed by atoms with Crippen molar-refractivity contribution in [1.82, 2.24) is 15.2 Å². The summed E-state index contributed by atoms with van der Waals surface area (Å²) in [6, 6.07) is 2.75. The number of ether oxygens (including phenoxy) is 1. The van der Waals surface area contributed by atoms with Crippen LogP contribution in [0.3, 0.4) is 0 Å². The van der Waals surface area contributed by atoms with Gasteiger partial charge in [-0.1, -0.05) is 13.8 Å². The number of hydrogen-bond donors (Lipinski definition) is 2. The first-order valence-electron chi connectivity index (χ1n) is 8.37. The molecule has 0 aliphatic heterocycles. The number of alkyl carbamates (subject to hydrolysis) is 1. The van der Waals surface area contributed by atoms with Crippen LogP contribution in [-0.4, -0.2) is 34.3 Å². The second kappa shape index (κ2) is 6.54. The fourth-order valence-corrected chi connectivity index (χ4v) is 2.80. The van der Waals surface area contributed by atoms with Gasteiger partial charge in [-0.3, -0.25) is 9.59 Å². The van der Waals surface area contributed by atoms with Gasteiger partial charge in [-0.2, -0.15) is 0 Å². The number of carbonyl (C=O) groups is 2. The fourth-order valence-electron chi connectivity index (χ4n) is 2.80. The summed E-state index contributed by atoms with van der Waals surface area (Å²) in [4.78, 5) is 35.9. The van der Waals surface area contributed by atoms with Crippen molar-refractivity contribution < 1.29 is 14.3 Å². The lowest BCUT2D eigenvalue weighted by molar-refractivity contribution is 0.0170. The molecule has 1 heterocycles. The molecule has 2 rings (SSSR count). The highest BCUT2D eigenvalue weighted by Gasteiger charge is 2.50. The van der Waals surface area contributed by atoms with Crippen molar-refractivity contribution in [2.75, 3.05) is 0 Å². The molecule has 1 saturated carbocycles. The highest BCUT2D eigenvalue weighted by atomic mass is 16.6. The molecule has 0 bridgehead atoms. The van der Waals surface area contributed by atoms with Gasteiger partial charge in [-0.15, -0.1) is 0 Å². The molecule has 25 heavy (non-hydrogen) atoms. The van der Waals surface area contributed by atoms with Gasteiger partial charge in [0.25, 0.3) is 11.5 Å². The summed E-state index contributed by atoms with van der Waals surface area (Å²) in [6.45, 7) is 9.39. The van der Waals surface area contributed by atoms with Gasteiger partial charge in [0.05, 0.1) is 0 Å². The van der Waals surface area contributed by atoms with Crippen LogP contribution < -0.4 is 16.2 Å².